The summed E-state index contributed by atoms with van der Waals surface area (Å²) in [6.45, 7) is 7.08. The fraction of sp³-hybridized carbons (Fsp3) is 0.412. The van der Waals surface area contributed by atoms with E-state index in [0.29, 0.717) is 11.1 Å². The van der Waals surface area contributed by atoms with Gasteiger partial charge in [-0.15, -0.1) is 0 Å². The minimum Gasteiger partial charge on any atom is -0.378 e. The second kappa shape index (κ2) is 8.47. The van der Waals surface area contributed by atoms with Gasteiger partial charge in [0, 0.05) is 0 Å². The molecule has 0 aliphatic heterocycles. The van der Waals surface area contributed by atoms with E-state index in [1.807, 2.05) is 0 Å². The molecule has 0 heterocycles. The van der Waals surface area contributed by atoms with Gasteiger partial charge in [-0.1, -0.05) is 29.4 Å². The van der Waals surface area contributed by atoms with Gasteiger partial charge in [0.25, 0.3) is 0 Å². The molecule has 0 bridgehead atoms. The first-order valence-electron chi connectivity index (χ1n) is 8.16. The Hall–Kier alpha value is -2.06. The zero-order valence-corrected chi connectivity index (χ0v) is 18.1. The first-order valence-corrected chi connectivity index (χ1v) is 11.0. The average Bonchev–Trinajstić information content (AvgIpc) is 2.58. The summed E-state index contributed by atoms with van der Waals surface area (Å²) in [6, 6.07) is 4.03. The molecule has 14 heteroatoms. The van der Waals surface area contributed by atoms with Crippen molar-refractivity contribution in [3.8, 4) is 5.75 Å². The predicted octanol–water partition coefficient (Wildman–Crippen LogP) is 4.86. The molecule has 0 saturated heterocycles. The summed E-state index contributed by atoms with van der Waals surface area (Å²) in [5, 5.41) is -13.6. The largest absolute Gasteiger partial charge is 0.450 e. The first kappa shape index (κ1) is 27.0. The number of hydrogen-bond donors (Lipinski definition) is 1. The fourth-order valence-electron chi connectivity index (χ4n) is 2.16. The van der Waals surface area contributed by atoms with E-state index in [2.05, 4.69) is 4.18 Å². The molecule has 1 aromatic carbocycles. The summed E-state index contributed by atoms with van der Waals surface area (Å²) >= 11 is 0. The van der Waals surface area contributed by atoms with Gasteiger partial charge in [0.15, 0.2) is 0 Å². The first-order chi connectivity index (χ1) is 13.7. The number of rotatable bonds is 8. The van der Waals surface area contributed by atoms with Crippen LogP contribution in [0.3, 0.4) is 0 Å². The SMILES string of the molecule is CC(C)=CC(=C(C)C)c1ccc(OS(=O)(=O)C(F)(F)C(F)(F)C(F)(F)S(=O)(=O)O)cc1. The Morgan fingerprint density at radius 1 is 0.871 bits per heavy atom. The van der Waals surface area contributed by atoms with Crippen LogP contribution in [0.5, 0.6) is 5.75 Å². The van der Waals surface area contributed by atoms with Gasteiger partial charge in [-0.2, -0.15) is 43.2 Å². The molecule has 0 saturated carbocycles. The third-order valence-corrected chi connectivity index (χ3v) is 5.91. The molecule has 0 unspecified atom stereocenters. The van der Waals surface area contributed by atoms with Gasteiger partial charge in [0.2, 0.25) is 0 Å². The standard InChI is InChI=1S/C17H18F6O6S2/c1-10(2)9-14(11(3)4)12-5-7-13(8-6-12)29-31(27,28)17(22,23)15(18,19)16(20,21)30(24,25)26/h5-9H,1-4H3,(H,24,25,26). The van der Waals surface area contributed by atoms with Crippen molar-refractivity contribution in [3.63, 3.8) is 0 Å². The summed E-state index contributed by atoms with van der Waals surface area (Å²) in [5.41, 5.74) is 2.86. The van der Waals surface area contributed by atoms with Crippen LogP contribution in [0.2, 0.25) is 0 Å². The third kappa shape index (κ3) is 5.06. The van der Waals surface area contributed by atoms with Crippen molar-refractivity contribution in [1.82, 2.24) is 0 Å². The van der Waals surface area contributed by atoms with Crippen molar-refractivity contribution in [1.29, 1.82) is 0 Å². The summed E-state index contributed by atoms with van der Waals surface area (Å²) in [5.74, 6) is -8.00. The monoisotopic (exact) mass is 496 g/mol. The molecule has 0 radical (unpaired) electrons. The molecule has 31 heavy (non-hydrogen) atoms. The molecule has 6 nitrogen and oxygen atoms in total. The molecule has 0 fully saturated rings. The zero-order chi connectivity index (χ0) is 24.6. The van der Waals surface area contributed by atoms with Crippen LogP contribution in [-0.2, 0) is 20.2 Å². The van der Waals surface area contributed by atoms with Gasteiger partial charge >= 0.3 is 36.7 Å². The van der Waals surface area contributed by atoms with E-state index in [-0.39, 0.29) is 0 Å². The van der Waals surface area contributed by atoms with Gasteiger partial charge in [0.05, 0.1) is 0 Å². The Morgan fingerprint density at radius 3 is 1.68 bits per heavy atom. The van der Waals surface area contributed by atoms with Crippen molar-refractivity contribution in [2.45, 2.75) is 44.1 Å². The van der Waals surface area contributed by atoms with Crippen LogP contribution >= 0.6 is 0 Å². The van der Waals surface area contributed by atoms with Crippen LogP contribution in [-0.4, -0.2) is 37.8 Å². The van der Waals surface area contributed by atoms with Gasteiger partial charge in [0.1, 0.15) is 5.75 Å². The van der Waals surface area contributed by atoms with Crippen LogP contribution in [0.25, 0.3) is 5.57 Å². The molecule has 1 N–H and O–H groups in total. The Balaban J connectivity index is 3.37. The maximum Gasteiger partial charge on any atom is 0.450 e. The average molecular weight is 496 g/mol. The smallest absolute Gasteiger partial charge is 0.378 e. The van der Waals surface area contributed by atoms with E-state index in [1.165, 1.54) is 12.1 Å². The lowest BCUT2D eigenvalue weighted by atomic mass is 9.99. The van der Waals surface area contributed by atoms with Crippen molar-refractivity contribution in [2.75, 3.05) is 0 Å². The Labute approximate surface area is 175 Å². The molecule has 0 aromatic heterocycles. The van der Waals surface area contributed by atoms with Crippen LogP contribution in [0.4, 0.5) is 26.3 Å². The minimum atomic E-state index is -7.10. The number of hydrogen-bond acceptors (Lipinski definition) is 5. The van der Waals surface area contributed by atoms with E-state index in [9.17, 15) is 43.2 Å². The quantitative estimate of drug-likeness (QED) is 0.239. The van der Waals surface area contributed by atoms with Crippen LogP contribution in [0, 0.1) is 0 Å². The van der Waals surface area contributed by atoms with E-state index < -0.39 is 42.4 Å². The molecule has 0 amide bonds. The molecule has 1 aromatic rings. The lowest BCUT2D eigenvalue weighted by Gasteiger charge is -2.29. The number of benzene rings is 1. The molecule has 1 rings (SSSR count). The molecule has 0 spiro atoms. The van der Waals surface area contributed by atoms with Gasteiger partial charge in [-0.3, -0.25) is 4.55 Å². The number of allylic oxidation sites excluding steroid dienone is 4. The van der Waals surface area contributed by atoms with Crippen molar-refractivity contribution >= 4 is 25.8 Å². The Bertz CT molecular complexity index is 1100. The molecule has 0 aliphatic rings. The van der Waals surface area contributed by atoms with E-state index >= 15 is 0 Å². The number of halogens is 6. The highest BCUT2D eigenvalue weighted by molar-refractivity contribution is 7.88. The Morgan fingerprint density at radius 2 is 1.32 bits per heavy atom. The van der Waals surface area contributed by atoms with Gasteiger partial charge in [-0.25, -0.2) is 0 Å². The molecule has 0 aliphatic carbocycles. The molecule has 176 valence electrons. The highest BCUT2D eigenvalue weighted by atomic mass is 32.2. The van der Waals surface area contributed by atoms with Crippen molar-refractivity contribution < 1.29 is 51.9 Å². The Kier molecular flexibility index (Phi) is 7.37. The second-order valence-electron chi connectivity index (χ2n) is 6.78. The van der Waals surface area contributed by atoms with Crippen LogP contribution in [0.15, 0.2) is 41.5 Å². The second-order valence-corrected chi connectivity index (χ2v) is 9.83. The van der Waals surface area contributed by atoms with Crippen LogP contribution in [0.1, 0.15) is 33.3 Å². The van der Waals surface area contributed by atoms with E-state index in [4.69, 9.17) is 4.55 Å². The summed E-state index contributed by atoms with van der Waals surface area (Å²) in [6.07, 6.45) is 1.76. The van der Waals surface area contributed by atoms with E-state index in [0.717, 1.165) is 23.3 Å². The zero-order valence-electron chi connectivity index (χ0n) is 16.5. The fourth-order valence-corrected chi connectivity index (χ4v) is 3.59. The summed E-state index contributed by atoms with van der Waals surface area (Å²) in [4.78, 5) is 0. The molecular formula is C17H18F6O6S2. The lowest BCUT2D eigenvalue weighted by Crippen LogP contribution is -2.61. The van der Waals surface area contributed by atoms with Crippen LogP contribution < -0.4 is 4.18 Å². The molecule has 0 atom stereocenters. The third-order valence-electron chi connectivity index (χ3n) is 3.71. The van der Waals surface area contributed by atoms with Crippen molar-refractivity contribution in [2.24, 2.45) is 0 Å². The summed E-state index contributed by atoms with van der Waals surface area (Å²) in [7, 11) is -13.9. The topological polar surface area (TPSA) is 97.7 Å². The normalized spacial score (nSPS) is 13.5. The highest BCUT2D eigenvalue weighted by Crippen LogP contribution is 2.50. The van der Waals surface area contributed by atoms with Gasteiger partial charge in [-0.05, 0) is 51.0 Å². The summed E-state index contributed by atoms with van der Waals surface area (Å²) < 4.78 is 137. The maximum atomic E-state index is 13.8. The predicted molar refractivity (Wildman–Crippen MR) is 100 cm³/mol. The minimum absolute atomic E-state index is 0.473. The number of alkyl halides is 6. The highest BCUT2D eigenvalue weighted by Gasteiger charge is 2.83. The van der Waals surface area contributed by atoms with Gasteiger partial charge < -0.3 is 4.18 Å². The van der Waals surface area contributed by atoms with E-state index in [1.54, 1.807) is 33.8 Å². The van der Waals surface area contributed by atoms with Crippen molar-refractivity contribution in [3.05, 3.63) is 47.1 Å². The maximum absolute atomic E-state index is 13.8. The lowest BCUT2D eigenvalue weighted by molar-refractivity contribution is -0.247. The molecular weight excluding hydrogens is 478 g/mol.